The molecule has 1 N–H and O–H groups in total. The fourth-order valence-corrected chi connectivity index (χ4v) is 3.27. The van der Waals surface area contributed by atoms with E-state index in [0.717, 1.165) is 61.1 Å². The van der Waals surface area contributed by atoms with E-state index >= 15 is 0 Å². The highest BCUT2D eigenvalue weighted by Crippen LogP contribution is 2.41. The number of hydrogen-bond acceptors (Lipinski definition) is 4. The van der Waals surface area contributed by atoms with Crippen LogP contribution in [0.4, 0.5) is 0 Å². The second-order valence-electron chi connectivity index (χ2n) is 5.39. The molecule has 1 saturated heterocycles. The standard InChI is InChI=1S/C16H21ClN2O2.2ClH/c1-2-3-4-14(19-7-5-18-6-8-19)12-9-15-16(10-13(12)17)21-11-20-15;;/h2,9-10,14,18H,1,3-8,11H2;2*1H/t14-;;/m0../s1. The van der Waals surface area contributed by atoms with Gasteiger partial charge in [0.15, 0.2) is 11.5 Å². The number of halogens is 3. The Kier molecular flexibility index (Phi) is 8.51. The van der Waals surface area contributed by atoms with Crippen LogP contribution in [0.2, 0.25) is 5.02 Å². The molecule has 0 aliphatic carbocycles. The first-order valence-corrected chi connectivity index (χ1v) is 7.82. The van der Waals surface area contributed by atoms with E-state index in [-0.39, 0.29) is 31.6 Å². The number of rotatable bonds is 5. The Bertz CT molecular complexity index is 522. The molecule has 0 radical (unpaired) electrons. The lowest BCUT2D eigenvalue weighted by atomic mass is 9.98. The zero-order valence-electron chi connectivity index (χ0n) is 12.9. The molecule has 0 spiro atoms. The minimum atomic E-state index is 0. The maximum atomic E-state index is 6.50. The number of piperazine rings is 1. The molecule has 7 heteroatoms. The third-order valence-electron chi connectivity index (χ3n) is 4.09. The Morgan fingerprint density at radius 3 is 2.52 bits per heavy atom. The third kappa shape index (κ3) is 4.68. The van der Waals surface area contributed by atoms with Crippen molar-refractivity contribution < 1.29 is 9.47 Å². The summed E-state index contributed by atoms with van der Waals surface area (Å²) >= 11 is 6.50. The predicted octanol–water partition coefficient (Wildman–Crippen LogP) is 3.82. The first-order chi connectivity index (χ1) is 10.3. The average Bonchev–Trinajstić information content (AvgIpc) is 2.96. The van der Waals surface area contributed by atoms with Gasteiger partial charge in [-0.15, -0.1) is 31.4 Å². The van der Waals surface area contributed by atoms with Gasteiger partial charge >= 0.3 is 0 Å². The van der Waals surface area contributed by atoms with Gasteiger partial charge in [-0.2, -0.15) is 0 Å². The van der Waals surface area contributed by atoms with Crippen LogP contribution in [-0.4, -0.2) is 37.9 Å². The van der Waals surface area contributed by atoms with Crippen molar-refractivity contribution in [1.82, 2.24) is 10.2 Å². The molecule has 130 valence electrons. The highest BCUT2D eigenvalue weighted by molar-refractivity contribution is 6.31. The molecule has 2 heterocycles. The van der Waals surface area contributed by atoms with Crippen LogP contribution in [0.3, 0.4) is 0 Å². The number of allylic oxidation sites excluding steroid dienone is 1. The first-order valence-electron chi connectivity index (χ1n) is 7.44. The monoisotopic (exact) mass is 380 g/mol. The van der Waals surface area contributed by atoms with E-state index in [1.807, 2.05) is 18.2 Å². The molecule has 0 saturated carbocycles. The number of nitrogens with one attached hydrogen (secondary N) is 1. The number of nitrogens with zero attached hydrogens (tertiary/aromatic N) is 1. The molecule has 1 fully saturated rings. The maximum absolute atomic E-state index is 6.50. The molecule has 1 atom stereocenters. The van der Waals surface area contributed by atoms with Gasteiger partial charge < -0.3 is 14.8 Å². The van der Waals surface area contributed by atoms with Gasteiger partial charge in [0, 0.05) is 43.3 Å². The summed E-state index contributed by atoms with van der Waals surface area (Å²) in [6, 6.07) is 4.22. The summed E-state index contributed by atoms with van der Waals surface area (Å²) in [7, 11) is 0. The lowest BCUT2D eigenvalue weighted by molar-refractivity contribution is 0.165. The predicted molar refractivity (Wildman–Crippen MR) is 98.7 cm³/mol. The minimum Gasteiger partial charge on any atom is -0.454 e. The topological polar surface area (TPSA) is 33.7 Å². The van der Waals surface area contributed by atoms with Crippen LogP contribution in [0.1, 0.15) is 24.4 Å². The molecule has 4 nitrogen and oxygen atoms in total. The van der Waals surface area contributed by atoms with Crippen molar-refractivity contribution in [3.8, 4) is 11.5 Å². The molecular formula is C16H23Cl3N2O2. The van der Waals surface area contributed by atoms with E-state index in [1.54, 1.807) is 0 Å². The van der Waals surface area contributed by atoms with Gasteiger partial charge in [0.2, 0.25) is 6.79 Å². The molecule has 1 aromatic carbocycles. The molecule has 2 aliphatic heterocycles. The Hall–Kier alpha value is -0.650. The second-order valence-corrected chi connectivity index (χ2v) is 5.80. The summed E-state index contributed by atoms with van der Waals surface area (Å²) in [5.41, 5.74) is 1.13. The van der Waals surface area contributed by atoms with Gasteiger partial charge in [-0.1, -0.05) is 17.7 Å². The van der Waals surface area contributed by atoms with E-state index in [2.05, 4.69) is 16.8 Å². The van der Waals surface area contributed by atoms with Crippen molar-refractivity contribution in [3.63, 3.8) is 0 Å². The smallest absolute Gasteiger partial charge is 0.231 e. The van der Waals surface area contributed by atoms with E-state index in [9.17, 15) is 0 Å². The van der Waals surface area contributed by atoms with Gasteiger partial charge in [-0.05, 0) is 24.5 Å². The van der Waals surface area contributed by atoms with Gasteiger partial charge in [-0.3, -0.25) is 4.90 Å². The summed E-state index contributed by atoms with van der Waals surface area (Å²) in [6.07, 6.45) is 3.96. The molecule has 3 rings (SSSR count). The van der Waals surface area contributed by atoms with Gasteiger partial charge in [0.25, 0.3) is 0 Å². The fraction of sp³-hybridized carbons (Fsp3) is 0.500. The van der Waals surface area contributed by atoms with Crippen LogP contribution < -0.4 is 14.8 Å². The molecule has 2 aliphatic rings. The van der Waals surface area contributed by atoms with Crippen LogP contribution in [0.5, 0.6) is 11.5 Å². The summed E-state index contributed by atoms with van der Waals surface area (Å²) in [6.45, 7) is 8.23. The van der Waals surface area contributed by atoms with E-state index < -0.39 is 0 Å². The molecule has 0 unspecified atom stereocenters. The first kappa shape index (κ1) is 20.4. The van der Waals surface area contributed by atoms with Gasteiger partial charge in [0.05, 0.1) is 0 Å². The van der Waals surface area contributed by atoms with Gasteiger partial charge in [-0.25, -0.2) is 0 Å². The number of hydrogen-bond donors (Lipinski definition) is 1. The van der Waals surface area contributed by atoms with Crippen LogP contribution >= 0.6 is 36.4 Å². The molecule has 23 heavy (non-hydrogen) atoms. The van der Waals surface area contributed by atoms with E-state index in [4.69, 9.17) is 21.1 Å². The summed E-state index contributed by atoms with van der Waals surface area (Å²) < 4.78 is 10.9. The van der Waals surface area contributed by atoms with Crippen LogP contribution in [0.25, 0.3) is 0 Å². The van der Waals surface area contributed by atoms with Gasteiger partial charge in [0.1, 0.15) is 0 Å². The highest BCUT2D eigenvalue weighted by atomic mass is 35.5. The number of ether oxygens (including phenoxy) is 2. The number of benzene rings is 1. The van der Waals surface area contributed by atoms with Crippen molar-refractivity contribution in [3.05, 3.63) is 35.4 Å². The Labute approximate surface area is 155 Å². The van der Waals surface area contributed by atoms with Crippen LogP contribution in [-0.2, 0) is 0 Å². The SMILES string of the molecule is C=CCC[C@@H](c1cc2c(cc1Cl)OCO2)N1CCNCC1.Cl.Cl. The van der Waals surface area contributed by atoms with Crippen molar-refractivity contribution in [2.75, 3.05) is 33.0 Å². The van der Waals surface area contributed by atoms with E-state index in [1.165, 1.54) is 0 Å². The van der Waals surface area contributed by atoms with Crippen LogP contribution in [0.15, 0.2) is 24.8 Å². The average molecular weight is 382 g/mol. The summed E-state index contributed by atoms with van der Waals surface area (Å²) in [5.74, 6) is 1.54. The van der Waals surface area contributed by atoms with Crippen LogP contribution in [0, 0.1) is 0 Å². The largest absolute Gasteiger partial charge is 0.454 e. The van der Waals surface area contributed by atoms with Crippen molar-refractivity contribution >= 4 is 36.4 Å². The third-order valence-corrected chi connectivity index (χ3v) is 4.41. The Morgan fingerprint density at radius 2 is 1.87 bits per heavy atom. The zero-order valence-corrected chi connectivity index (χ0v) is 15.3. The Morgan fingerprint density at radius 1 is 1.22 bits per heavy atom. The van der Waals surface area contributed by atoms with Crippen molar-refractivity contribution in [2.24, 2.45) is 0 Å². The lowest BCUT2D eigenvalue weighted by Crippen LogP contribution is -2.45. The van der Waals surface area contributed by atoms with Crippen molar-refractivity contribution in [1.29, 1.82) is 0 Å². The highest BCUT2D eigenvalue weighted by Gasteiger charge is 2.26. The fourth-order valence-electron chi connectivity index (χ4n) is 2.99. The summed E-state index contributed by atoms with van der Waals surface area (Å²) in [4.78, 5) is 2.49. The van der Waals surface area contributed by atoms with E-state index in [0.29, 0.717) is 6.04 Å². The van der Waals surface area contributed by atoms with Crippen molar-refractivity contribution in [2.45, 2.75) is 18.9 Å². The molecule has 0 bridgehead atoms. The molecule has 1 aromatic rings. The number of fused-ring (bicyclic) bond motifs is 1. The Balaban J connectivity index is 0.00000132. The second kappa shape index (κ2) is 9.60. The maximum Gasteiger partial charge on any atom is 0.231 e. The zero-order chi connectivity index (χ0) is 14.7. The lowest BCUT2D eigenvalue weighted by Gasteiger charge is -2.35. The minimum absolute atomic E-state index is 0. The quantitative estimate of drug-likeness (QED) is 0.786. The molecule has 0 amide bonds. The summed E-state index contributed by atoms with van der Waals surface area (Å²) in [5, 5.41) is 4.15. The molecular weight excluding hydrogens is 359 g/mol. The molecule has 0 aromatic heterocycles. The normalized spacial score (nSPS) is 17.8.